The van der Waals surface area contributed by atoms with Crippen molar-refractivity contribution >= 4 is 33.6 Å². The van der Waals surface area contributed by atoms with Crippen molar-refractivity contribution in [1.82, 2.24) is 5.32 Å². The Kier molecular flexibility index (Phi) is 4.52. The van der Waals surface area contributed by atoms with Gasteiger partial charge in [-0.05, 0) is 54.4 Å². The first-order valence-corrected chi connectivity index (χ1v) is 6.21. The molecule has 104 valence electrons. The van der Waals surface area contributed by atoms with Crippen LogP contribution in [0.25, 0.3) is 0 Å². The van der Waals surface area contributed by atoms with Crippen molar-refractivity contribution in [3.8, 4) is 0 Å². The highest BCUT2D eigenvalue weighted by atomic mass is 79.9. The number of carboxylic acids is 1. The number of amides is 2. The highest BCUT2D eigenvalue weighted by Gasteiger charge is 2.29. The second-order valence-corrected chi connectivity index (χ2v) is 5.44. The summed E-state index contributed by atoms with van der Waals surface area (Å²) in [5.74, 6) is -1.68. The van der Waals surface area contributed by atoms with Gasteiger partial charge in [0, 0.05) is 5.69 Å². The van der Waals surface area contributed by atoms with Crippen LogP contribution in [0.1, 0.15) is 19.4 Å². The zero-order valence-electron chi connectivity index (χ0n) is 10.7. The molecule has 0 atom stereocenters. The molecule has 1 aromatic rings. The number of aliphatic carboxylic acids is 1. The van der Waals surface area contributed by atoms with Crippen LogP contribution in [0.4, 0.5) is 14.9 Å². The number of halogens is 2. The molecule has 0 saturated carbocycles. The second kappa shape index (κ2) is 5.56. The molecule has 0 aliphatic heterocycles. The number of urea groups is 1. The summed E-state index contributed by atoms with van der Waals surface area (Å²) in [4.78, 5) is 22.5. The summed E-state index contributed by atoms with van der Waals surface area (Å²) in [7, 11) is 0. The SMILES string of the molecule is Cc1cc(Br)c(F)cc1NC(=O)NC(C)(C)C(=O)O. The van der Waals surface area contributed by atoms with Crippen LogP contribution in [0.3, 0.4) is 0 Å². The van der Waals surface area contributed by atoms with E-state index in [2.05, 4.69) is 26.6 Å². The van der Waals surface area contributed by atoms with Gasteiger partial charge >= 0.3 is 12.0 Å². The molecule has 0 aromatic heterocycles. The number of hydrogen-bond acceptors (Lipinski definition) is 2. The van der Waals surface area contributed by atoms with Gasteiger partial charge in [0.2, 0.25) is 0 Å². The Morgan fingerprint density at radius 3 is 2.47 bits per heavy atom. The van der Waals surface area contributed by atoms with E-state index in [9.17, 15) is 14.0 Å². The van der Waals surface area contributed by atoms with Crippen LogP contribution in [0.15, 0.2) is 16.6 Å². The van der Waals surface area contributed by atoms with Gasteiger partial charge in [-0.2, -0.15) is 0 Å². The summed E-state index contributed by atoms with van der Waals surface area (Å²) in [6.45, 7) is 4.40. The molecule has 5 nitrogen and oxygen atoms in total. The molecule has 0 aliphatic rings. The zero-order valence-corrected chi connectivity index (χ0v) is 12.3. The third-order valence-electron chi connectivity index (χ3n) is 2.48. The molecule has 0 aliphatic carbocycles. The molecule has 2 amide bonds. The van der Waals surface area contributed by atoms with Crippen molar-refractivity contribution in [2.45, 2.75) is 26.3 Å². The van der Waals surface area contributed by atoms with E-state index in [1.54, 1.807) is 6.92 Å². The summed E-state index contributed by atoms with van der Waals surface area (Å²) in [6, 6.07) is 1.97. The van der Waals surface area contributed by atoms with Gasteiger partial charge in [-0.15, -0.1) is 0 Å². The molecule has 0 spiro atoms. The van der Waals surface area contributed by atoms with Crippen molar-refractivity contribution in [2.24, 2.45) is 0 Å². The van der Waals surface area contributed by atoms with E-state index in [0.717, 1.165) is 6.07 Å². The smallest absolute Gasteiger partial charge is 0.328 e. The number of nitrogens with one attached hydrogen (secondary N) is 2. The third kappa shape index (κ3) is 3.92. The summed E-state index contributed by atoms with van der Waals surface area (Å²) in [6.07, 6.45) is 0. The second-order valence-electron chi connectivity index (χ2n) is 4.59. The number of hydrogen-bond donors (Lipinski definition) is 3. The van der Waals surface area contributed by atoms with E-state index in [1.807, 2.05) is 0 Å². The van der Waals surface area contributed by atoms with Crippen LogP contribution in [0.2, 0.25) is 0 Å². The predicted molar refractivity (Wildman–Crippen MR) is 72.7 cm³/mol. The maximum Gasteiger partial charge on any atom is 0.328 e. The highest BCUT2D eigenvalue weighted by Crippen LogP contribution is 2.23. The van der Waals surface area contributed by atoms with Crippen molar-refractivity contribution in [3.05, 3.63) is 28.0 Å². The Bertz CT molecular complexity index is 532. The highest BCUT2D eigenvalue weighted by molar-refractivity contribution is 9.10. The van der Waals surface area contributed by atoms with Gasteiger partial charge in [0.25, 0.3) is 0 Å². The van der Waals surface area contributed by atoms with E-state index in [4.69, 9.17) is 5.11 Å². The van der Waals surface area contributed by atoms with Crippen molar-refractivity contribution in [2.75, 3.05) is 5.32 Å². The van der Waals surface area contributed by atoms with E-state index < -0.39 is 23.4 Å². The molecule has 0 radical (unpaired) electrons. The van der Waals surface area contributed by atoms with E-state index in [0.29, 0.717) is 10.0 Å². The molecule has 1 rings (SSSR count). The normalized spacial score (nSPS) is 11.0. The Labute approximate surface area is 118 Å². The largest absolute Gasteiger partial charge is 0.480 e. The summed E-state index contributed by atoms with van der Waals surface area (Å²) in [5.41, 5.74) is -0.484. The minimum absolute atomic E-state index is 0.277. The quantitative estimate of drug-likeness (QED) is 0.796. The molecule has 0 bridgehead atoms. The maximum absolute atomic E-state index is 13.4. The van der Waals surface area contributed by atoms with Gasteiger partial charge in [0.05, 0.1) is 4.47 Å². The van der Waals surface area contributed by atoms with Gasteiger partial charge in [-0.25, -0.2) is 14.0 Å². The van der Waals surface area contributed by atoms with Crippen LogP contribution in [-0.2, 0) is 4.79 Å². The minimum Gasteiger partial charge on any atom is -0.480 e. The average molecular weight is 333 g/mol. The van der Waals surface area contributed by atoms with Gasteiger partial charge in [0.1, 0.15) is 11.4 Å². The molecular formula is C12H14BrFN2O3. The van der Waals surface area contributed by atoms with E-state index in [-0.39, 0.29) is 5.69 Å². The Morgan fingerprint density at radius 1 is 1.37 bits per heavy atom. The number of benzene rings is 1. The van der Waals surface area contributed by atoms with Crippen molar-refractivity contribution in [1.29, 1.82) is 0 Å². The third-order valence-corrected chi connectivity index (χ3v) is 3.08. The average Bonchev–Trinajstić information content (AvgIpc) is 2.24. The topological polar surface area (TPSA) is 78.4 Å². The first-order valence-electron chi connectivity index (χ1n) is 5.41. The molecule has 0 saturated heterocycles. The molecule has 19 heavy (non-hydrogen) atoms. The van der Waals surface area contributed by atoms with Crippen LogP contribution in [0.5, 0.6) is 0 Å². The monoisotopic (exact) mass is 332 g/mol. The van der Waals surface area contributed by atoms with E-state index >= 15 is 0 Å². The fourth-order valence-corrected chi connectivity index (χ4v) is 1.73. The van der Waals surface area contributed by atoms with Gasteiger partial charge < -0.3 is 15.7 Å². The van der Waals surface area contributed by atoms with Crippen LogP contribution >= 0.6 is 15.9 Å². The molecular weight excluding hydrogens is 319 g/mol. The van der Waals surface area contributed by atoms with Gasteiger partial charge in [-0.1, -0.05) is 0 Å². The number of aryl methyl sites for hydroxylation is 1. The van der Waals surface area contributed by atoms with Crippen molar-refractivity contribution in [3.63, 3.8) is 0 Å². The van der Waals surface area contributed by atoms with Crippen LogP contribution < -0.4 is 10.6 Å². The summed E-state index contributed by atoms with van der Waals surface area (Å²) >= 11 is 3.03. The van der Waals surface area contributed by atoms with Gasteiger partial charge in [-0.3, -0.25) is 0 Å². The number of carbonyl (C=O) groups excluding carboxylic acids is 1. The summed E-state index contributed by atoms with van der Waals surface area (Å²) < 4.78 is 13.7. The molecule has 1 aromatic carbocycles. The standard InChI is InChI=1S/C12H14BrFN2O3/c1-6-4-7(13)8(14)5-9(6)15-11(19)16-12(2,3)10(17)18/h4-5H,1-3H3,(H,17,18)(H2,15,16,19). The Balaban J connectivity index is 2.84. The lowest BCUT2D eigenvalue weighted by Crippen LogP contribution is -2.51. The lowest BCUT2D eigenvalue weighted by atomic mass is 10.1. The Hall–Kier alpha value is -1.63. The first kappa shape index (κ1) is 15.4. The Morgan fingerprint density at radius 2 is 1.95 bits per heavy atom. The number of carboxylic acid groups (broad SMARTS) is 1. The maximum atomic E-state index is 13.4. The summed E-state index contributed by atoms with van der Waals surface area (Å²) in [5, 5.41) is 13.6. The van der Waals surface area contributed by atoms with Crippen LogP contribution in [-0.4, -0.2) is 22.6 Å². The molecule has 7 heteroatoms. The molecule has 0 heterocycles. The number of rotatable bonds is 3. The fourth-order valence-electron chi connectivity index (χ4n) is 1.27. The molecule has 3 N–H and O–H groups in total. The van der Waals surface area contributed by atoms with E-state index in [1.165, 1.54) is 19.9 Å². The number of anilines is 1. The van der Waals surface area contributed by atoms with Crippen molar-refractivity contribution < 1.29 is 19.1 Å². The number of carbonyl (C=O) groups is 2. The van der Waals surface area contributed by atoms with Gasteiger partial charge in [0.15, 0.2) is 0 Å². The first-order chi connectivity index (χ1) is 8.63. The zero-order chi connectivity index (χ0) is 14.8. The predicted octanol–water partition coefficient (Wildman–Crippen LogP) is 2.88. The molecule has 0 unspecified atom stereocenters. The lowest BCUT2D eigenvalue weighted by Gasteiger charge is -2.21. The fraction of sp³-hybridized carbons (Fsp3) is 0.333. The van der Waals surface area contributed by atoms with Crippen LogP contribution in [0, 0.1) is 12.7 Å². The minimum atomic E-state index is -1.41. The molecule has 0 fully saturated rings. The lowest BCUT2D eigenvalue weighted by molar-refractivity contribution is -0.142.